The summed E-state index contributed by atoms with van der Waals surface area (Å²) in [7, 11) is 0. The van der Waals surface area contributed by atoms with Gasteiger partial charge in [0.25, 0.3) is 17.2 Å². The fraction of sp³-hybridized carbons (Fsp3) is 0.333. The summed E-state index contributed by atoms with van der Waals surface area (Å²) in [5, 5.41) is 13.4. The third-order valence-electron chi connectivity index (χ3n) is 4.42. The second kappa shape index (κ2) is 7.92. The van der Waals surface area contributed by atoms with E-state index in [4.69, 9.17) is 0 Å². The van der Waals surface area contributed by atoms with Crippen molar-refractivity contribution in [1.82, 2.24) is 15.2 Å². The van der Waals surface area contributed by atoms with E-state index >= 15 is 0 Å². The number of H-pyrrole nitrogens is 1. The van der Waals surface area contributed by atoms with Gasteiger partial charge in [-0.15, -0.1) is 0 Å². The van der Waals surface area contributed by atoms with Gasteiger partial charge in [0.2, 0.25) is 0 Å². The molecule has 0 atom stereocenters. The number of carbonyl (C=O) groups excluding carboxylic acids is 1. The number of hydrogen-bond donors (Lipinski definition) is 2. The van der Waals surface area contributed by atoms with Crippen LogP contribution in [0.1, 0.15) is 34.3 Å². The first-order chi connectivity index (χ1) is 12.5. The lowest BCUT2D eigenvalue weighted by Crippen LogP contribution is -2.29. The molecule has 1 aliphatic rings. The normalized spacial score (nSPS) is 14.3. The standard InChI is InChI=1S/C18H20N4O4/c23-17(16-9-15(22(25)26)11-20-18(16)24)19-10-13-3-5-14(6-4-13)12-21-7-1-2-8-21/h3-6,9,11H,1-2,7-8,10,12H2,(H,19,23)(H,20,24). The number of rotatable bonds is 6. The number of nitro groups is 1. The number of likely N-dealkylation sites (tertiary alicyclic amines) is 1. The molecule has 2 heterocycles. The minimum absolute atomic E-state index is 0.241. The number of aromatic amines is 1. The maximum Gasteiger partial charge on any atom is 0.286 e. The van der Waals surface area contributed by atoms with Gasteiger partial charge in [-0.25, -0.2) is 0 Å². The van der Waals surface area contributed by atoms with Crippen molar-refractivity contribution in [2.75, 3.05) is 13.1 Å². The number of aromatic nitrogens is 1. The van der Waals surface area contributed by atoms with Crippen molar-refractivity contribution in [3.63, 3.8) is 0 Å². The monoisotopic (exact) mass is 356 g/mol. The zero-order valence-corrected chi connectivity index (χ0v) is 14.2. The summed E-state index contributed by atoms with van der Waals surface area (Å²) in [6, 6.07) is 8.90. The summed E-state index contributed by atoms with van der Waals surface area (Å²) >= 11 is 0. The lowest BCUT2D eigenvalue weighted by molar-refractivity contribution is -0.385. The van der Waals surface area contributed by atoms with Crippen molar-refractivity contribution in [1.29, 1.82) is 0 Å². The predicted octanol–water partition coefficient (Wildman–Crippen LogP) is 1.81. The Kier molecular flexibility index (Phi) is 5.43. The molecule has 2 N–H and O–H groups in total. The van der Waals surface area contributed by atoms with E-state index in [1.165, 1.54) is 18.4 Å². The van der Waals surface area contributed by atoms with Crippen LogP contribution in [0.15, 0.2) is 41.3 Å². The minimum Gasteiger partial charge on any atom is -0.348 e. The van der Waals surface area contributed by atoms with Crippen LogP contribution < -0.4 is 10.9 Å². The molecule has 1 aromatic carbocycles. The number of pyridine rings is 1. The van der Waals surface area contributed by atoms with Crippen LogP contribution in [0.4, 0.5) is 5.69 Å². The maximum absolute atomic E-state index is 12.2. The number of nitrogens with one attached hydrogen (secondary N) is 2. The molecule has 1 aliphatic heterocycles. The summed E-state index contributed by atoms with van der Waals surface area (Å²) in [5.41, 5.74) is 0.849. The number of benzene rings is 1. The molecule has 8 heteroatoms. The highest BCUT2D eigenvalue weighted by molar-refractivity contribution is 5.94. The number of hydrogen-bond acceptors (Lipinski definition) is 5. The topological polar surface area (TPSA) is 108 Å². The number of amides is 1. The van der Waals surface area contributed by atoms with Crippen molar-refractivity contribution >= 4 is 11.6 Å². The van der Waals surface area contributed by atoms with E-state index in [-0.39, 0.29) is 17.8 Å². The molecule has 0 radical (unpaired) electrons. The molecule has 0 bridgehead atoms. The van der Waals surface area contributed by atoms with E-state index in [1.54, 1.807) is 0 Å². The Balaban J connectivity index is 1.60. The van der Waals surface area contributed by atoms with E-state index in [0.717, 1.165) is 37.5 Å². The van der Waals surface area contributed by atoms with Gasteiger partial charge in [0.1, 0.15) is 5.56 Å². The van der Waals surface area contributed by atoms with Gasteiger partial charge in [-0.05, 0) is 37.1 Å². The smallest absolute Gasteiger partial charge is 0.286 e. The number of carbonyl (C=O) groups is 1. The molecule has 0 spiro atoms. The third-order valence-corrected chi connectivity index (χ3v) is 4.42. The molecule has 1 fully saturated rings. The molecule has 0 aliphatic carbocycles. The van der Waals surface area contributed by atoms with Gasteiger partial charge in [-0.3, -0.25) is 24.6 Å². The highest BCUT2D eigenvalue weighted by Gasteiger charge is 2.16. The van der Waals surface area contributed by atoms with E-state index in [2.05, 4.69) is 15.2 Å². The lowest BCUT2D eigenvalue weighted by Gasteiger charge is -2.14. The van der Waals surface area contributed by atoms with Gasteiger partial charge < -0.3 is 10.3 Å². The Hall–Kier alpha value is -3.00. The van der Waals surface area contributed by atoms with Gasteiger partial charge in [0, 0.05) is 19.2 Å². The fourth-order valence-electron chi connectivity index (χ4n) is 2.99. The Labute approximate surface area is 150 Å². The fourth-order valence-corrected chi connectivity index (χ4v) is 2.99. The van der Waals surface area contributed by atoms with Crippen LogP contribution in [-0.4, -0.2) is 33.8 Å². The van der Waals surface area contributed by atoms with Crippen LogP contribution in [0.3, 0.4) is 0 Å². The van der Waals surface area contributed by atoms with Crippen molar-refractivity contribution in [2.24, 2.45) is 0 Å². The molecule has 0 unspecified atom stereocenters. The molecule has 26 heavy (non-hydrogen) atoms. The van der Waals surface area contributed by atoms with Crippen molar-refractivity contribution in [3.8, 4) is 0 Å². The molecule has 8 nitrogen and oxygen atoms in total. The Morgan fingerprint density at radius 3 is 2.50 bits per heavy atom. The van der Waals surface area contributed by atoms with E-state index in [1.807, 2.05) is 24.3 Å². The SMILES string of the molecule is O=C(NCc1ccc(CN2CCCC2)cc1)c1cc([N+](=O)[O-])c[nH]c1=O. The summed E-state index contributed by atoms with van der Waals surface area (Å²) in [6.07, 6.45) is 3.47. The summed E-state index contributed by atoms with van der Waals surface area (Å²) in [4.78, 5) is 38.6. The van der Waals surface area contributed by atoms with Crippen molar-refractivity contribution < 1.29 is 9.72 Å². The van der Waals surface area contributed by atoms with Gasteiger partial charge >= 0.3 is 0 Å². The molecule has 136 valence electrons. The first-order valence-electron chi connectivity index (χ1n) is 8.48. The van der Waals surface area contributed by atoms with E-state index in [9.17, 15) is 19.7 Å². The highest BCUT2D eigenvalue weighted by Crippen LogP contribution is 2.13. The second-order valence-corrected chi connectivity index (χ2v) is 6.34. The largest absolute Gasteiger partial charge is 0.348 e. The van der Waals surface area contributed by atoms with E-state index in [0.29, 0.717) is 0 Å². The summed E-state index contributed by atoms with van der Waals surface area (Å²) in [6.45, 7) is 3.44. The Bertz CT molecular complexity index is 854. The maximum atomic E-state index is 12.2. The van der Waals surface area contributed by atoms with Crippen LogP contribution >= 0.6 is 0 Å². The van der Waals surface area contributed by atoms with Crippen LogP contribution in [0.5, 0.6) is 0 Å². The van der Waals surface area contributed by atoms with Crippen molar-refractivity contribution in [2.45, 2.75) is 25.9 Å². The van der Waals surface area contributed by atoms with Crippen LogP contribution in [0.2, 0.25) is 0 Å². The molecule has 1 amide bonds. The Morgan fingerprint density at radius 2 is 1.85 bits per heavy atom. The zero-order chi connectivity index (χ0) is 18.5. The van der Waals surface area contributed by atoms with Crippen LogP contribution in [0.25, 0.3) is 0 Å². The quantitative estimate of drug-likeness (QED) is 0.606. The molecular formula is C18H20N4O4. The average Bonchev–Trinajstić information content (AvgIpc) is 3.14. The first kappa shape index (κ1) is 17.8. The predicted molar refractivity (Wildman–Crippen MR) is 95.8 cm³/mol. The van der Waals surface area contributed by atoms with Gasteiger partial charge in [0.15, 0.2) is 0 Å². The molecule has 1 aromatic heterocycles. The number of nitrogens with zero attached hydrogens (tertiary/aromatic N) is 2. The van der Waals surface area contributed by atoms with Crippen LogP contribution in [-0.2, 0) is 13.1 Å². The third kappa shape index (κ3) is 4.34. The molecular weight excluding hydrogens is 336 g/mol. The first-order valence-corrected chi connectivity index (χ1v) is 8.48. The average molecular weight is 356 g/mol. The minimum atomic E-state index is -0.661. The summed E-state index contributed by atoms with van der Waals surface area (Å²) in [5.74, 6) is -0.643. The molecule has 3 rings (SSSR count). The van der Waals surface area contributed by atoms with E-state index < -0.39 is 16.4 Å². The molecule has 0 saturated carbocycles. The molecule has 1 saturated heterocycles. The van der Waals surface area contributed by atoms with Gasteiger partial charge in [-0.2, -0.15) is 0 Å². The second-order valence-electron chi connectivity index (χ2n) is 6.34. The van der Waals surface area contributed by atoms with Crippen molar-refractivity contribution in [3.05, 3.63) is 73.7 Å². The van der Waals surface area contributed by atoms with Crippen LogP contribution in [0, 0.1) is 10.1 Å². The Morgan fingerprint density at radius 1 is 1.19 bits per heavy atom. The van der Waals surface area contributed by atoms with Gasteiger partial charge in [0.05, 0.1) is 11.1 Å². The lowest BCUT2D eigenvalue weighted by atomic mass is 10.1. The molecule has 2 aromatic rings. The van der Waals surface area contributed by atoms with Gasteiger partial charge in [-0.1, -0.05) is 24.3 Å². The highest BCUT2D eigenvalue weighted by atomic mass is 16.6. The summed E-state index contributed by atoms with van der Waals surface area (Å²) < 4.78 is 0. The zero-order valence-electron chi connectivity index (χ0n) is 14.2.